The maximum atomic E-state index is 13.0. The molecule has 1 aromatic heterocycles. The summed E-state index contributed by atoms with van der Waals surface area (Å²) in [5.41, 5.74) is 6.91. The molecule has 0 radical (unpaired) electrons. The second-order valence-corrected chi connectivity index (χ2v) is 12.2. The average molecular weight is 583 g/mol. The van der Waals surface area contributed by atoms with E-state index in [0.29, 0.717) is 35.2 Å². The second kappa shape index (κ2) is 11.7. The lowest BCUT2D eigenvalue weighted by atomic mass is 9.82. The van der Waals surface area contributed by atoms with Crippen molar-refractivity contribution in [3.63, 3.8) is 0 Å². The fourth-order valence-electron chi connectivity index (χ4n) is 5.91. The molecule has 0 bridgehead atoms. The minimum Gasteiger partial charge on any atom is -0.493 e. The van der Waals surface area contributed by atoms with Gasteiger partial charge in [0, 0.05) is 23.1 Å². The van der Waals surface area contributed by atoms with Gasteiger partial charge in [-0.25, -0.2) is 14.6 Å². The molecule has 43 heavy (non-hydrogen) atoms. The van der Waals surface area contributed by atoms with Gasteiger partial charge < -0.3 is 24.6 Å². The van der Waals surface area contributed by atoms with Gasteiger partial charge in [-0.15, -0.1) is 0 Å². The van der Waals surface area contributed by atoms with E-state index in [-0.39, 0.29) is 19.0 Å². The van der Waals surface area contributed by atoms with E-state index in [2.05, 4.69) is 4.98 Å². The number of fused-ring (bicyclic) bond motifs is 3. The van der Waals surface area contributed by atoms with Gasteiger partial charge >= 0.3 is 12.1 Å². The Bertz CT molecular complexity index is 1690. The van der Waals surface area contributed by atoms with E-state index >= 15 is 0 Å². The number of hydrogen-bond acceptors (Lipinski definition) is 6. The highest BCUT2D eigenvalue weighted by Gasteiger charge is 2.35. The Hall–Kier alpha value is -4.43. The van der Waals surface area contributed by atoms with Gasteiger partial charge in [-0.3, -0.25) is 0 Å². The zero-order valence-electron chi connectivity index (χ0n) is 25.5. The Morgan fingerprint density at radius 3 is 2.28 bits per heavy atom. The molecule has 8 heteroatoms. The molecule has 8 nitrogen and oxygen atoms in total. The maximum absolute atomic E-state index is 13.0. The second-order valence-electron chi connectivity index (χ2n) is 12.2. The Labute approximate surface area is 251 Å². The number of carbonyl (C=O) groups is 2. The maximum Gasteiger partial charge on any atom is 0.410 e. The molecule has 1 aliphatic heterocycles. The fourth-order valence-corrected chi connectivity index (χ4v) is 5.91. The zero-order valence-corrected chi connectivity index (χ0v) is 25.5. The Balaban J connectivity index is 1.64. The van der Waals surface area contributed by atoms with Crippen molar-refractivity contribution >= 4 is 23.0 Å². The van der Waals surface area contributed by atoms with E-state index in [1.54, 1.807) is 4.90 Å². The SMILES string of the molecule is Cc1ccc(-c2c([C@H](OC(C)(C)C)C(=O)O)c(C)c3nc(O)c4c(c3c2C)CCN(C(=O)OCc2ccccc2)C4)cc1. The average Bonchev–Trinajstić information content (AvgIpc) is 2.97. The molecule has 4 aromatic rings. The highest BCUT2D eigenvalue weighted by Crippen LogP contribution is 2.45. The predicted molar refractivity (Wildman–Crippen MR) is 165 cm³/mol. The molecule has 3 aromatic carbocycles. The van der Waals surface area contributed by atoms with Crippen LogP contribution in [-0.2, 0) is 33.8 Å². The van der Waals surface area contributed by atoms with Crippen LogP contribution in [-0.4, -0.2) is 44.3 Å². The number of aromatic nitrogens is 1. The van der Waals surface area contributed by atoms with Gasteiger partial charge in [-0.2, -0.15) is 0 Å². The van der Waals surface area contributed by atoms with Crippen molar-refractivity contribution in [3.05, 3.63) is 93.5 Å². The van der Waals surface area contributed by atoms with Gasteiger partial charge in [-0.1, -0.05) is 60.2 Å². The number of carboxylic acids is 1. The molecule has 224 valence electrons. The first-order chi connectivity index (χ1) is 20.4. The Morgan fingerprint density at radius 1 is 0.977 bits per heavy atom. The van der Waals surface area contributed by atoms with E-state index in [1.165, 1.54) is 0 Å². The molecule has 1 atom stereocenters. The minimum absolute atomic E-state index is 0.155. The van der Waals surface area contributed by atoms with Gasteiger partial charge in [0.15, 0.2) is 6.10 Å². The zero-order chi connectivity index (χ0) is 31.1. The van der Waals surface area contributed by atoms with Crippen LogP contribution in [0, 0.1) is 20.8 Å². The molecule has 0 saturated carbocycles. The number of ether oxygens (including phenoxy) is 2. The molecule has 0 unspecified atom stereocenters. The normalized spacial score (nSPS) is 14.0. The van der Waals surface area contributed by atoms with Crippen molar-refractivity contribution in [1.29, 1.82) is 0 Å². The lowest BCUT2D eigenvalue weighted by Gasteiger charge is -2.32. The number of nitrogens with zero attached hydrogens (tertiary/aromatic N) is 2. The van der Waals surface area contributed by atoms with Crippen LogP contribution in [0.4, 0.5) is 4.79 Å². The molecule has 2 N–H and O–H groups in total. The van der Waals surface area contributed by atoms with Crippen LogP contribution in [0.2, 0.25) is 0 Å². The summed E-state index contributed by atoms with van der Waals surface area (Å²) >= 11 is 0. The summed E-state index contributed by atoms with van der Waals surface area (Å²) in [5, 5.41) is 22.4. The molecule has 1 aliphatic rings. The number of carbonyl (C=O) groups excluding carboxylic acids is 1. The third-order valence-corrected chi connectivity index (χ3v) is 7.91. The van der Waals surface area contributed by atoms with Crippen molar-refractivity contribution in [2.24, 2.45) is 0 Å². The van der Waals surface area contributed by atoms with Crippen LogP contribution in [0.3, 0.4) is 0 Å². The van der Waals surface area contributed by atoms with Crippen LogP contribution < -0.4 is 0 Å². The number of aromatic hydroxyl groups is 1. The highest BCUT2D eigenvalue weighted by molar-refractivity contribution is 5.99. The Kier molecular flexibility index (Phi) is 8.16. The summed E-state index contributed by atoms with van der Waals surface area (Å²) in [6.45, 7) is 12.0. The third-order valence-electron chi connectivity index (χ3n) is 7.91. The van der Waals surface area contributed by atoms with Crippen molar-refractivity contribution in [2.45, 2.75) is 72.8 Å². The first kappa shape index (κ1) is 30.0. The number of carboxylic acid groups (broad SMARTS) is 1. The van der Waals surface area contributed by atoms with E-state index in [0.717, 1.165) is 38.8 Å². The molecular formula is C35H38N2O6. The highest BCUT2D eigenvalue weighted by atomic mass is 16.6. The summed E-state index contributed by atoms with van der Waals surface area (Å²) < 4.78 is 11.7. The number of pyridine rings is 1. The van der Waals surface area contributed by atoms with Gasteiger partial charge in [0.05, 0.1) is 17.7 Å². The fraction of sp³-hybridized carbons (Fsp3) is 0.343. The molecule has 5 rings (SSSR count). The predicted octanol–water partition coefficient (Wildman–Crippen LogP) is 7.17. The summed E-state index contributed by atoms with van der Waals surface area (Å²) in [4.78, 5) is 31.9. The van der Waals surface area contributed by atoms with Gasteiger partial charge in [0.2, 0.25) is 5.88 Å². The number of aliphatic carboxylic acids is 1. The minimum atomic E-state index is -1.26. The smallest absolute Gasteiger partial charge is 0.410 e. The van der Waals surface area contributed by atoms with Crippen LogP contribution >= 0.6 is 0 Å². The largest absolute Gasteiger partial charge is 0.493 e. The lowest BCUT2D eigenvalue weighted by Crippen LogP contribution is -2.36. The molecule has 1 amide bonds. The molecular weight excluding hydrogens is 544 g/mol. The third kappa shape index (κ3) is 6.06. The lowest BCUT2D eigenvalue weighted by molar-refractivity contribution is -0.160. The number of rotatable bonds is 6. The summed E-state index contributed by atoms with van der Waals surface area (Å²) in [6.07, 6.45) is -1.23. The van der Waals surface area contributed by atoms with Crippen molar-refractivity contribution < 1.29 is 29.3 Å². The van der Waals surface area contributed by atoms with E-state index in [4.69, 9.17) is 9.47 Å². The van der Waals surface area contributed by atoms with Gasteiger partial charge in [-0.05, 0) is 81.3 Å². The topological polar surface area (TPSA) is 109 Å². The summed E-state index contributed by atoms with van der Waals surface area (Å²) in [6, 6.07) is 17.5. The standard InChI is InChI=1S/C35H38N2O6/c1-20-12-14-24(15-13-20)27-21(2)28-25-16-17-37(34(41)42-19-23-10-8-7-9-11-23)18-26(25)32(38)36-30(28)22(3)29(27)31(33(39)40)43-35(4,5)6/h7-15,31H,16-19H2,1-6H3,(H,36,38)(H,39,40)/t31-/m0/s1. The summed E-state index contributed by atoms with van der Waals surface area (Å²) in [5.74, 6) is -1.28. The number of aryl methyl sites for hydroxylation is 3. The van der Waals surface area contributed by atoms with E-state index in [1.807, 2.05) is 96.1 Å². The Morgan fingerprint density at radius 2 is 1.65 bits per heavy atom. The molecule has 0 fully saturated rings. The molecule has 0 spiro atoms. The van der Waals surface area contributed by atoms with E-state index < -0.39 is 23.8 Å². The first-order valence-corrected chi connectivity index (χ1v) is 14.5. The monoisotopic (exact) mass is 582 g/mol. The number of amides is 1. The first-order valence-electron chi connectivity index (χ1n) is 14.5. The van der Waals surface area contributed by atoms with E-state index in [9.17, 15) is 19.8 Å². The molecule has 0 saturated heterocycles. The quantitative estimate of drug-likeness (QED) is 0.248. The van der Waals surface area contributed by atoms with Crippen molar-refractivity contribution in [1.82, 2.24) is 9.88 Å². The number of benzene rings is 3. The molecule has 0 aliphatic carbocycles. The van der Waals surface area contributed by atoms with Crippen LogP contribution in [0.15, 0.2) is 54.6 Å². The van der Waals surface area contributed by atoms with Gasteiger partial charge in [0.25, 0.3) is 0 Å². The van der Waals surface area contributed by atoms with Crippen LogP contribution in [0.1, 0.15) is 65.8 Å². The number of hydrogen-bond donors (Lipinski definition) is 2. The molecule has 2 heterocycles. The van der Waals surface area contributed by atoms with Crippen LogP contribution in [0.25, 0.3) is 22.0 Å². The van der Waals surface area contributed by atoms with Crippen molar-refractivity contribution in [3.8, 4) is 17.0 Å². The van der Waals surface area contributed by atoms with Gasteiger partial charge in [0.1, 0.15) is 6.61 Å². The van der Waals surface area contributed by atoms with Crippen LogP contribution in [0.5, 0.6) is 5.88 Å². The summed E-state index contributed by atoms with van der Waals surface area (Å²) in [7, 11) is 0. The van der Waals surface area contributed by atoms with Crippen molar-refractivity contribution in [2.75, 3.05) is 6.54 Å².